The first-order chi connectivity index (χ1) is 8.92. The molecule has 0 amide bonds. The molecule has 1 aliphatic heterocycles. The number of hydrogen-bond acceptors (Lipinski definition) is 4. The minimum atomic E-state index is 0.468. The summed E-state index contributed by atoms with van der Waals surface area (Å²) in [5.74, 6) is 1.34. The van der Waals surface area contributed by atoms with Crippen LogP contribution in [0.25, 0.3) is 0 Å². The maximum absolute atomic E-state index is 4.82. The van der Waals surface area contributed by atoms with Gasteiger partial charge in [0.25, 0.3) is 0 Å². The van der Waals surface area contributed by atoms with Crippen molar-refractivity contribution in [3.63, 3.8) is 0 Å². The molecule has 1 aromatic carbocycles. The van der Waals surface area contributed by atoms with Crippen LogP contribution in [0.15, 0.2) is 41.2 Å². The van der Waals surface area contributed by atoms with Gasteiger partial charge in [-0.1, -0.05) is 35.5 Å². The summed E-state index contributed by atoms with van der Waals surface area (Å²) in [6.07, 6.45) is 3.66. The van der Waals surface area contributed by atoms with Gasteiger partial charge in [0, 0.05) is 12.5 Å². The molecule has 0 spiro atoms. The molecule has 3 rings (SSSR count). The third-order valence-electron chi connectivity index (χ3n) is 3.58. The van der Waals surface area contributed by atoms with E-state index in [-0.39, 0.29) is 0 Å². The molecule has 0 atom stereocenters. The number of aromatic nitrogens is 2. The van der Waals surface area contributed by atoms with Gasteiger partial charge in [-0.3, -0.25) is 4.90 Å². The van der Waals surface area contributed by atoms with Crippen molar-refractivity contribution in [3.05, 3.63) is 48.1 Å². The second-order valence-electron chi connectivity index (χ2n) is 4.83. The van der Waals surface area contributed by atoms with E-state index in [9.17, 15) is 0 Å². The summed E-state index contributed by atoms with van der Waals surface area (Å²) in [6.45, 7) is 3.25. The second kappa shape index (κ2) is 5.31. The van der Waals surface area contributed by atoms with Crippen molar-refractivity contribution in [3.8, 4) is 0 Å². The van der Waals surface area contributed by atoms with Gasteiger partial charge in [0.1, 0.15) is 0 Å². The number of benzene rings is 1. The van der Waals surface area contributed by atoms with Crippen LogP contribution in [-0.4, -0.2) is 28.1 Å². The summed E-state index contributed by atoms with van der Waals surface area (Å²) < 4.78 is 4.82. The summed E-state index contributed by atoms with van der Waals surface area (Å²) in [5.41, 5.74) is 1.38. The van der Waals surface area contributed by atoms with Gasteiger partial charge < -0.3 is 4.52 Å². The van der Waals surface area contributed by atoms with Crippen LogP contribution < -0.4 is 0 Å². The van der Waals surface area contributed by atoms with E-state index in [4.69, 9.17) is 4.52 Å². The van der Waals surface area contributed by atoms with E-state index < -0.39 is 0 Å². The van der Waals surface area contributed by atoms with E-state index in [0.29, 0.717) is 5.92 Å². The smallest absolute Gasteiger partial charge is 0.213 e. The van der Waals surface area contributed by atoms with Gasteiger partial charge in [-0.2, -0.15) is 4.98 Å². The maximum Gasteiger partial charge on any atom is 0.213 e. The van der Waals surface area contributed by atoms with Crippen molar-refractivity contribution in [2.24, 2.45) is 0 Å². The maximum atomic E-state index is 4.82. The number of nitrogens with zero attached hydrogens (tertiary/aromatic N) is 3. The lowest BCUT2D eigenvalue weighted by Crippen LogP contribution is -2.32. The summed E-state index contributed by atoms with van der Waals surface area (Å²) >= 11 is 0. The van der Waals surface area contributed by atoms with Crippen molar-refractivity contribution >= 4 is 0 Å². The first-order valence-electron chi connectivity index (χ1n) is 6.44. The molecule has 1 fully saturated rings. The Bertz CT molecular complexity index is 461. The van der Waals surface area contributed by atoms with E-state index in [2.05, 4.69) is 45.4 Å². The Hall–Kier alpha value is -1.68. The fourth-order valence-corrected chi connectivity index (χ4v) is 2.55. The zero-order valence-corrected chi connectivity index (χ0v) is 10.3. The standard InChI is InChI=1S/C14H17N3O/c1-2-4-12(5-3-1)10-17-8-6-13(7-9-17)14-15-11-18-16-14/h1-5,11,13H,6-10H2. The molecule has 0 N–H and O–H groups in total. The third kappa shape index (κ3) is 2.59. The van der Waals surface area contributed by atoms with Gasteiger partial charge in [-0.15, -0.1) is 0 Å². The SMILES string of the molecule is c1ccc(CN2CCC(c3ncon3)CC2)cc1. The lowest BCUT2D eigenvalue weighted by Gasteiger charge is -2.30. The topological polar surface area (TPSA) is 42.2 Å². The Morgan fingerprint density at radius 3 is 2.61 bits per heavy atom. The van der Waals surface area contributed by atoms with Crippen LogP contribution >= 0.6 is 0 Å². The highest BCUT2D eigenvalue weighted by Crippen LogP contribution is 2.25. The zero-order valence-electron chi connectivity index (χ0n) is 10.3. The van der Waals surface area contributed by atoms with Gasteiger partial charge in [0.2, 0.25) is 6.39 Å². The Kier molecular flexibility index (Phi) is 3.37. The average Bonchev–Trinajstić information content (AvgIpc) is 2.95. The molecule has 1 aromatic heterocycles. The number of hydrogen-bond donors (Lipinski definition) is 0. The quantitative estimate of drug-likeness (QED) is 0.830. The zero-order chi connectivity index (χ0) is 12.2. The van der Waals surface area contributed by atoms with Crippen LogP contribution in [0.3, 0.4) is 0 Å². The predicted molar refractivity (Wildman–Crippen MR) is 68.0 cm³/mol. The van der Waals surface area contributed by atoms with Gasteiger partial charge in [-0.05, 0) is 31.5 Å². The Balaban J connectivity index is 1.54. The molecule has 0 unspecified atom stereocenters. The molecule has 0 radical (unpaired) electrons. The predicted octanol–water partition coefficient (Wildman–Crippen LogP) is 2.45. The highest BCUT2D eigenvalue weighted by molar-refractivity contribution is 5.14. The summed E-state index contributed by atoms with van der Waals surface area (Å²) in [4.78, 5) is 6.64. The molecule has 0 bridgehead atoms. The second-order valence-corrected chi connectivity index (χ2v) is 4.83. The van der Waals surface area contributed by atoms with Crippen LogP contribution in [0.5, 0.6) is 0 Å². The fourth-order valence-electron chi connectivity index (χ4n) is 2.55. The van der Waals surface area contributed by atoms with Gasteiger partial charge in [0.05, 0.1) is 0 Å². The van der Waals surface area contributed by atoms with Gasteiger partial charge in [-0.25, -0.2) is 0 Å². The Labute approximate surface area is 107 Å². The van der Waals surface area contributed by atoms with Crippen LogP contribution in [-0.2, 0) is 6.54 Å². The molecule has 94 valence electrons. The molecular formula is C14H17N3O. The minimum Gasteiger partial charge on any atom is -0.343 e. The lowest BCUT2D eigenvalue weighted by atomic mass is 9.96. The fraction of sp³-hybridized carbons (Fsp3) is 0.429. The third-order valence-corrected chi connectivity index (χ3v) is 3.58. The molecule has 2 heterocycles. The minimum absolute atomic E-state index is 0.468. The van der Waals surface area contributed by atoms with Crippen molar-refractivity contribution in [1.82, 2.24) is 15.0 Å². The number of likely N-dealkylation sites (tertiary alicyclic amines) is 1. The molecule has 4 heteroatoms. The van der Waals surface area contributed by atoms with Gasteiger partial charge in [0.15, 0.2) is 5.82 Å². The van der Waals surface area contributed by atoms with E-state index in [1.54, 1.807) is 0 Å². The largest absolute Gasteiger partial charge is 0.343 e. The van der Waals surface area contributed by atoms with E-state index >= 15 is 0 Å². The molecule has 2 aromatic rings. The van der Waals surface area contributed by atoms with Crippen LogP contribution in [0, 0.1) is 0 Å². The lowest BCUT2D eigenvalue weighted by molar-refractivity contribution is 0.200. The van der Waals surface area contributed by atoms with Crippen LogP contribution in [0.4, 0.5) is 0 Å². The molecule has 1 aliphatic rings. The first-order valence-corrected chi connectivity index (χ1v) is 6.44. The number of rotatable bonds is 3. The van der Waals surface area contributed by atoms with Crippen LogP contribution in [0.2, 0.25) is 0 Å². The Morgan fingerprint density at radius 1 is 1.17 bits per heavy atom. The number of piperidine rings is 1. The van der Waals surface area contributed by atoms with Crippen molar-refractivity contribution in [2.75, 3.05) is 13.1 Å². The van der Waals surface area contributed by atoms with Crippen molar-refractivity contribution in [2.45, 2.75) is 25.3 Å². The highest BCUT2D eigenvalue weighted by Gasteiger charge is 2.23. The van der Waals surface area contributed by atoms with Crippen molar-refractivity contribution in [1.29, 1.82) is 0 Å². The monoisotopic (exact) mass is 243 g/mol. The highest BCUT2D eigenvalue weighted by atomic mass is 16.5. The molecule has 18 heavy (non-hydrogen) atoms. The molecule has 1 saturated heterocycles. The van der Waals surface area contributed by atoms with Crippen LogP contribution in [0.1, 0.15) is 30.1 Å². The van der Waals surface area contributed by atoms with Crippen molar-refractivity contribution < 1.29 is 4.52 Å². The normalized spacial score (nSPS) is 18.0. The first kappa shape index (κ1) is 11.4. The van der Waals surface area contributed by atoms with E-state index in [0.717, 1.165) is 38.3 Å². The van der Waals surface area contributed by atoms with Gasteiger partial charge >= 0.3 is 0 Å². The summed E-state index contributed by atoms with van der Waals surface area (Å²) in [6, 6.07) is 10.6. The molecule has 0 saturated carbocycles. The summed E-state index contributed by atoms with van der Waals surface area (Å²) in [7, 11) is 0. The average molecular weight is 243 g/mol. The molecule has 4 nitrogen and oxygen atoms in total. The molecule has 0 aliphatic carbocycles. The Morgan fingerprint density at radius 2 is 1.94 bits per heavy atom. The molecular weight excluding hydrogens is 226 g/mol. The van der Waals surface area contributed by atoms with E-state index in [1.165, 1.54) is 12.0 Å². The summed E-state index contributed by atoms with van der Waals surface area (Å²) in [5, 5.41) is 3.94. The van der Waals surface area contributed by atoms with E-state index in [1.807, 2.05) is 0 Å².